The number of aromatic nitrogens is 2. The van der Waals surface area contributed by atoms with Gasteiger partial charge in [-0.3, -0.25) is 4.79 Å². The van der Waals surface area contributed by atoms with Gasteiger partial charge in [0, 0.05) is 37.7 Å². The minimum atomic E-state index is -0.328. The van der Waals surface area contributed by atoms with Gasteiger partial charge in [-0.1, -0.05) is 0 Å². The summed E-state index contributed by atoms with van der Waals surface area (Å²) >= 11 is 0.649. The average Bonchev–Trinajstić information content (AvgIpc) is 2.81. The quantitative estimate of drug-likeness (QED) is 0.819. The fourth-order valence-corrected chi connectivity index (χ4v) is 2.26. The molecule has 1 aromatic rings. The Hall–Kier alpha value is -1.05. The van der Waals surface area contributed by atoms with Crippen LogP contribution in [0.4, 0.5) is 0 Å². The second-order valence-electron chi connectivity index (χ2n) is 4.11. The summed E-state index contributed by atoms with van der Waals surface area (Å²) in [7, 11) is 0. The van der Waals surface area contributed by atoms with E-state index in [1.807, 2.05) is 11.5 Å². The standard InChI is InChI=1S/C11H16N3O3S/c1-9-12-3-5-13(9)4-2-10(15)14-6-7-17-11(8-14)18-16/h5,11,16H,2,4,6-8H2,1H3. The Labute approximate surface area is 110 Å². The second kappa shape index (κ2) is 6.21. The van der Waals surface area contributed by atoms with Crippen LogP contribution in [0.5, 0.6) is 0 Å². The van der Waals surface area contributed by atoms with Gasteiger partial charge in [0.15, 0.2) is 0 Å². The summed E-state index contributed by atoms with van der Waals surface area (Å²) in [5, 5.41) is 0. The molecule has 1 radical (unpaired) electrons. The number of hydrogen-bond acceptors (Lipinski definition) is 5. The average molecular weight is 270 g/mol. The molecule has 1 amide bonds. The van der Waals surface area contributed by atoms with Gasteiger partial charge in [0.2, 0.25) is 5.91 Å². The van der Waals surface area contributed by atoms with E-state index in [9.17, 15) is 4.79 Å². The first-order valence-corrected chi connectivity index (χ1v) is 6.64. The van der Waals surface area contributed by atoms with Crippen LogP contribution in [0.2, 0.25) is 0 Å². The molecule has 1 atom stereocenters. The molecule has 0 aromatic carbocycles. The van der Waals surface area contributed by atoms with E-state index in [-0.39, 0.29) is 11.3 Å². The molecule has 6 nitrogen and oxygen atoms in total. The maximum atomic E-state index is 12.0. The highest BCUT2D eigenvalue weighted by atomic mass is 32.2. The highest BCUT2D eigenvalue weighted by Gasteiger charge is 2.24. The molecular formula is C11H16N3O3S. The largest absolute Gasteiger partial charge is 0.362 e. The predicted octanol–water partition coefficient (Wildman–Crippen LogP) is 0.773. The van der Waals surface area contributed by atoms with Crippen molar-refractivity contribution in [1.29, 1.82) is 0 Å². The van der Waals surface area contributed by atoms with E-state index < -0.39 is 0 Å². The molecular weight excluding hydrogens is 254 g/mol. The highest BCUT2D eigenvalue weighted by molar-refractivity contribution is 7.94. The smallest absolute Gasteiger partial charge is 0.224 e. The molecule has 0 saturated carbocycles. The van der Waals surface area contributed by atoms with Gasteiger partial charge in [-0.25, -0.2) is 4.98 Å². The second-order valence-corrected chi connectivity index (χ2v) is 4.84. The van der Waals surface area contributed by atoms with E-state index in [1.165, 1.54) is 0 Å². The van der Waals surface area contributed by atoms with Crippen molar-refractivity contribution in [2.75, 3.05) is 19.7 Å². The molecule has 0 aliphatic carbocycles. The number of rotatable bonds is 4. The first kappa shape index (κ1) is 13.4. The Balaban J connectivity index is 1.82. The number of carbonyl (C=O) groups excluding carboxylic acids is 1. The minimum absolute atomic E-state index is 0.0745. The van der Waals surface area contributed by atoms with Crippen molar-refractivity contribution in [3.63, 3.8) is 0 Å². The van der Waals surface area contributed by atoms with Crippen LogP contribution in [0.1, 0.15) is 12.2 Å². The molecule has 1 fully saturated rings. The maximum absolute atomic E-state index is 12.0. The van der Waals surface area contributed by atoms with Gasteiger partial charge in [-0.05, 0) is 6.92 Å². The fourth-order valence-electron chi connectivity index (χ4n) is 1.86. The van der Waals surface area contributed by atoms with Gasteiger partial charge < -0.3 is 18.8 Å². The van der Waals surface area contributed by atoms with Crippen molar-refractivity contribution in [2.45, 2.75) is 25.3 Å². The van der Waals surface area contributed by atoms with E-state index in [1.54, 1.807) is 11.1 Å². The third kappa shape index (κ3) is 3.24. The van der Waals surface area contributed by atoms with Crippen LogP contribution in [0, 0.1) is 13.1 Å². The molecule has 2 rings (SSSR count). The summed E-state index contributed by atoms with van der Waals surface area (Å²) in [5.41, 5.74) is -0.328. The van der Waals surface area contributed by atoms with Crippen molar-refractivity contribution in [2.24, 2.45) is 0 Å². The molecule has 1 aliphatic heterocycles. The van der Waals surface area contributed by atoms with Crippen LogP contribution < -0.4 is 0 Å². The first-order chi connectivity index (χ1) is 8.70. The number of hydrogen-bond donors (Lipinski definition) is 1. The van der Waals surface area contributed by atoms with Crippen molar-refractivity contribution < 1.29 is 14.1 Å². The number of imidazole rings is 1. The monoisotopic (exact) mass is 270 g/mol. The van der Waals surface area contributed by atoms with Crippen LogP contribution in [-0.4, -0.2) is 50.0 Å². The summed E-state index contributed by atoms with van der Waals surface area (Å²) in [6.45, 7) is 3.99. The summed E-state index contributed by atoms with van der Waals surface area (Å²) in [6, 6.07) is 0. The zero-order valence-electron chi connectivity index (χ0n) is 10.2. The molecule has 0 spiro atoms. The fraction of sp³-hybridized carbons (Fsp3) is 0.636. The molecule has 0 bridgehead atoms. The lowest BCUT2D eigenvalue weighted by molar-refractivity contribution is -0.136. The van der Waals surface area contributed by atoms with Gasteiger partial charge in [0.25, 0.3) is 0 Å². The Morgan fingerprint density at radius 2 is 2.61 bits per heavy atom. The zero-order chi connectivity index (χ0) is 13.0. The van der Waals surface area contributed by atoms with Gasteiger partial charge in [0.1, 0.15) is 17.5 Å². The molecule has 7 heteroatoms. The molecule has 1 N–H and O–H groups in total. The normalized spacial score (nSPS) is 20.1. The predicted molar refractivity (Wildman–Crippen MR) is 67.0 cm³/mol. The molecule has 1 aliphatic rings. The summed E-state index contributed by atoms with van der Waals surface area (Å²) in [6.07, 6.45) is 4.92. The molecule has 1 unspecified atom stereocenters. The first-order valence-electron chi connectivity index (χ1n) is 5.80. The van der Waals surface area contributed by atoms with Gasteiger partial charge in [-0.15, -0.1) is 0 Å². The van der Waals surface area contributed by atoms with Crippen LogP contribution in [0.15, 0.2) is 6.20 Å². The van der Waals surface area contributed by atoms with Crippen molar-refractivity contribution in [3.05, 3.63) is 18.2 Å². The highest BCUT2D eigenvalue weighted by Crippen LogP contribution is 2.15. The maximum Gasteiger partial charge on any atom is 0.224 e. The van der Waals surface area contributed by atoms with E-state index in [2.05, 4.69) is 11.2 Å². The number of nitrogens with zero attached hydrogens (tertiary/aromatic N) is 3. The summed E-state index contributed by atoms with van der Waals surface area (Å²) in [4.78, 5) is 17.7. The lowest BCUT2D eigenvalue weighted by Crippen LogP contribution is -2.44. The molecule has 2 heterocycles. The number of morpholine rings is 1. The number of amides is 1. The van der Waals surface area contributed by atoms with Crippen molar-refractivity contribution in [1.82, 2.24) is 14.5 Å². The third-order valence-electron chi connectivity index (χ3n) is 2.93. The third-order valence-corrected chi connectivity index (χ3v) is 3.45. The van der Waals surface area contributed by atoms with E-state index in [4.69, 9.17) is 9.29 Å². The van der Waals surface area contributed by atoms with Gasteiger partial charge in [-0.2, -0.15) is 0 Å². The number of aryl methyl sites for hydroxylation is 2. The Morgan fingerprint density at radius 1 is 1.78 bits per heavy atom. The van der Waals surface area contributed by atoms with Crippen molar-refractivity contribution >= 4 is 17.9 Å². The molecule has 18 heavy (non-hydrogen) atoms. The zero-order valence-corrected chi connectivity index (χ0v) is 11.0. The molecule has 99 valence electrons. The lowest BCUT2D eigenvalue weighted by atomic mass is 10.3. The van der Waals surface area contributed by atoms with Crippen molar-refractivity contribution in [3.8, 4) is 0 Å². The minimum Gasteiger partial charge on any atom is -0.362 e. The Morgan fingerprint density at radius 3 is 3.28 bits per heavy atom. The van der Waals surface area contributed by atoms with Crippen LogP contribution in [0.3, 0.4) is 0 Å². The SMILES string of the molecule is Cc1n[c]cn1CCC(=O)N1CCOC(SO)C1. The van der Waals surface area contributed by atoms with Crippen LogP contribution >= 0.6 is 12.0 Å². The van der Waals surface area contributed by atoms with Crippen LogP contribution in [-0.2, 0) is 16.1 Å². The molecule has 1 saturated heterocycles. The lowest BCUT2D eigenvalue weighted by Gasteiger charge is -2.31. The van der Waals surface area contributed by atoms with E-state index in [0.29, 0.717) is 44.7 Å². The summed E-state index contributed by atoms with van der Waals surface area (Å²) in [5.74, 6) is 0.930. The number of ether oxygens (including phenoxy) is 1. The van der Waals surface area contributed by atoms with E-state index in [0.717, 1.165) is 5.82 Å². The van der Waals surface area contributed by atoms with Crippen LogP contribution in [0.25, 0.3) is 0 Å². The molecule has 1 aromatic heterocycles. The van der Waals surface area contributed by atoms with E-state index >= 15 is 0 Å². The van der Waals surface area contributed by atoms with Gasteiger partial charge >= 0.3 is 0 Å². The Kier molecular flexibility index (Phi) is 4.62. The topological polar surface area (TPSA) is 67.6 Å². The number of carbonyl (C=O) groups is 1. The summed E-state index contributed by atoms with van der Waals surface area (Å²) < 4.78 is 16.1. The van der Waals surface area contributed by atoms with Gasteiger partial charge in [0.05, 0.1) is 13.2 Å². The Bertz CT molecular complexity index is 410.